The molecule has 122 valence electrons. The van der Waals surface area contributed by atoms with Gasteiger partial charge in [0.25, 0.3) is 0 Å². The smallest absolute Gasteiger partial charge is 0.105 e. The number of pyridine rings is 1. The SMILES string of the molecule is N[C@@H]1CCCC[C@H]1Sc1nc2ccccc2cc1-c1ccccc1. The second-order valence-corrected chi connectivity index (χ2v) is 7.73. The van der Waals surface area contributed by atoms with Crippen LogP contribution in [0.2, 0.25) is 0 Å². The van der Waals surface area contributed by atoms with Crippen molar-refractivity contribution in [3.8, 4) is 11.1 Å². The number of nitrogens with two attached hydrogens (primary N) is 1. The number of hydrogen-bond acceptors (Lipinski definition) is 3. The number of rotatable bonds is 3. The van der Waals surface area contributed by atoms with Crippen LogP contribution in [0.3, 0.4) is 0 Å². The van der Waals surface area contributed by atoms with Crippen LogP contribution < -0.4 is 5.73 Å². The fourth-order valence-electron chi connectivity index (χ4n) is 3.43. The minimum Gasteiger partial charge on any atom is -0.327 e. The first-order valence-corrected chi connectivity index (χ1v) is 9.57. The van der Waals surface area contributed by atoms with E-state index in [-0.39, 0.29) is 6.04 Å². The summed E-state index contributed by atoms with van der Waals surface area (Å²) >= 11 is 1.87. The Balaban J connectivity index is 1.79. The summed E-state index contributed by atoms with van der Waals surface area (Å²) in [7, 11) is 0. The molecule has 2 nitrogen and oxygen atoms in total. The fourth-order valence-corrected chi connectivity index (χ4v) is 4.76. The van der Waals surface area contributed by atoms with Crippen molar-refractivity contribution in [2.75, 3.05) is 0 Å². The molecule has 2 N–H and O–H groups in total. The van der Waals surface area contributed by atoms with Gasteiger partial charge in [0, 0.05) is 22.2 Å². The molecule has 0 amide bonds. The quantitative estimate of drug-likeness (QED) is 0.709. The summed E-state index contributed by atoms with van der Waals surface area (Å²) in [4.78, 5) is 4.99. The number of nitrogens with zero attached hydrogens (tertiary/aromatic N) is 1. The first-order chi connectivity index (χ1) is 11.8. The minimum atomic E-state index is 0.278. The summed E-state index contributed by atoms with van der Waals surface area (Å²) in [6.07, 6.45) is 4.86. The van der Waals surface area contributed by atoms with Crippen molar-refractivity contribution in [3.05, 3.63) is 60.7 Å². The average Bonchev–Trinajstić information content (AvgIpc) is 2.64. The summed E-state index contributed by atoms with van der Waals surface area (Å²) in [5, 5.41) is 2.77. The standard InChI is InChI=1S/C21H22N2S/c22-18-11-5-7-13-20(18)24-21-17(15-8-2-1-3-9-15)14-16-10-4-6-12-19(16)23-21/h1-4,6,8-10,12,14,18,20H,5,7,11,13,22H2/t18-,20-/m1/s1. The van der Waals surface area contributed by atoms with Crippen molar-refractivity contribution in [3.63, 3.8) is 0 Å². The van der Waals surface area contributed by atoms with Crippen molar-refractivity contribution in [1.82, 2.24) is 4.98 Å². The van der Waals surface area contributed by atoms with Crippen molar-refractivity contribution < 1.29 is 0 Å². The van der Waals surface area contributed by atoms with E-state index in [1.165, 1.54) is 35.8 Å². The monoisotopic (exact) mass is 334 g/mol. The molecular formula is C21H22N2S. The molecule has 0 bridgehead atoms. The predicted molar refractivity (Wildman–Crippen MR) is 103 cm³/mol. The molecule has 3 heteroatoms. The lowest BCUT2D eigenvalue weighted by molar-refractivity contribution is 0.453. The third kappa shape index (κ3) is 3.19. The Hall–Kier alpha value is -1.84. The Bertz CT molecular complexity index is 832. The van der Waals surface area contributed by atoms with Crippen LogP contribution >= 0.6 is 11.8 Å². The molecule has 24 heavy (non-hydrogen) atoms. The molecule has 2 aromatic carbocycles. The van der Waals surface area contributed by atoms with Crippen LogP contribution in [-0.4, -0.2) is 16.3 Å². The molecule has 0 spiro atoms. The Kier molecular flexibility index (Phi) is 4.54. The average molecular weight is 334 g/mol. The summed E-state index contributed by atoms with van der Waals surface area (Å²) < 4.78 is 0. The van der Waals surface area contributed by atoms with Crippen LogP contribution in [-0.2, 0) is 0 Å². The maximum Gasteiger partial charge on any atom is 0.105 e. The van der Waals surface area contributed by atoms with Crippen molar-refractivity contribution in [2.24, 2.45) is 5.73 Å². The Labute approximate surface area is 147 Å². The van der Waals surface area contributed by atoms with Crippen molar-refractivity contribution in [2.45, 2.75) is 42.0 Å². The molecular weight excluding hydrogens is 312 g/mol. The molecule has 4 rings (SSSR count). The van der Waals surface area contributed by atoms with Gasteiger partial charge in [-0.05, 0) is 30.5 Å². The van der Waals surface area contributed by atoms with E-state index in [0.717, 1.165) is 17.0 Å². The second-order valence-electron chi connectivity index (χ2n) is 6.50. The molecule has 1 aliphatic rings. The zero-order valence-corrected chi connectivity index (χ0v) is 14.5. The number of thioether (sulfide) groups is 1. The Morgan fingerprint density at radius 3 is 2.50 bits per heavy atom. The van der Waals surface area contributed by atoms with E-state index in [4.69, 9.17) is 10.7 Å². The van der Waals surface area contributed by atoms with Crippen molar-refractivity contribution >= 4 is 22.7 Å². The van der Waals surface area contributed by atoms with Gasteiger partial charge in [0.15, 0.2) is 0 Å². The Morgan fingerprint density at radius 1 is 0.917 bits per heavy atom. The molecule has 0 saturated heterocycles. The maximum atomic E-state index is 6.38. The lowest BCUT2D eigenvalue weighted by Gasteiger charge is -2.28. The van der Waals surface area contributed by atoms with Crippen LogP contribution in [0.4, 0.5) is 0 Å². The van der Waals surface area contributed by atoms with Gasteiger partial charge < -0.3 is 5.73 Å². The van der Waals surface area contributed by atoms with Gasteiger partial charge in [0.05, 0.1) is 5.52 Å². The van der Waals surface area contributed by atoms with E-state index in [1.807, 2.05) is 11.8 Å². The zero-order valence-electron chi connectivity index (χ0n) is 13.7. The first-order valence-electron chi connectivity index (χ1n) is 8.69. The highest BCUT2D eigenvalue weighted by Crippen LogP contribution is 2.38. The number of aromatic nitrogens is 1. The molecule has 1 saturated carbocycles. The van der Waals surface area contributed by atoms with E-state index < -0.39 is 0 Å². The summed E-state index contributed by atoms with van der Waals surface area (Å²) in [6.45, 7) is 0. The molecule has 1 fully saturated rings. The maximum absolute atomic E-state index is 6.38. The van der Waals surface area contributed by atoms with E-state index >= 15 is 0 Å². The van der Waals surface area contributed by atoms with Crippen molar-refractivity contribution in [1.29, 1.82) is 0 Å². The van der Waals surface area contributed by atoms with Crippen LogP contribution in [0.5, 0.6) is 0 Å². The highest BCUT2D eigenvalue weighted by Gasteiger charge is 2.24. The molecule has 1 aromatic heterocycles. The van der Waals surface area contributed by atoms with Gasteiger partial charge >= 0.3 is 0 Å². The second kappa shape index (κ2) is 6.96. The van der Waals surface area contributed by atoms with E-state index in [0.29, 0.717) is 5.25 Å². The third-order valence-electron chi connectivity index (χ3n) is 4.79. The van der Waals surface area contributed by atoms with Crippen LogP contribution in [0.1, 0.15) is 25.7 Å². The van der Waals surface area contributed by atoms with Gasteiger partial charge in [-0.1, -0.05) is 61.4 Å². The van der Waals surface area contributed by atoms with Gasteiger partial charge in [0.1, 0.15) is 5.03 Å². The number of para-hydroxylation sites is 1. The number of benzene rings is 2. The molecule has 0 radical (unpaired) electrons. The predicted octanol–water partition coefficient (Wildman–Crippen LogP) is 5.26. The zero-order chi connectivity index (χ0) is 16.4. The summed E-state index contributed by atoms with van der Waals surface area (Å²) in [5.74, 6) is 0. The lowest BCUT2D eigenvalue weighted by Crippen LogP contribution is -2.35. The molecule has 1 aliphatic carbocycles. The molecule has 1 heterocycles. The van der Waals surface area contributed by atoms with Crippen LogP contribution in [0.15, 0.2) is 65.7 Å². The molecule has 3 aromatic rings. The van der Waals surface area contributed by atoms with Crippen LogP contribution in [0, 0.1) is 0 Å². The summed E-state index contributed by atoms with van der Waals surface area (Å²) in [6, 6.07) is 21.5. The Morgan fingerprint density at radius 2 is 1.67 bits per heavy atom. The third-order valence-corrected chi connectivity index (χ3v) is 6.21. The highest BCUT2D eigenvalue weighted by atomic mass is 32.2. The first kappa shape index (κ1) is 15.7. The van der Waals surface area contributed by atoms with Crippen LogP contribution in [0.25, 0.3) is 22.0 Å². The van der Waals surface area contributed by atoms with E-state index in [9.17, 15) is 0 Å². The summed E-state index contributed by atoms with van der Waals surface area (Å²) in [5.41, 5.74) is 9.88. The highest BCUT2D eigenvalue weighted by molar-refractivity contribution is 8.00. The molecule has 2 atom stereocenters. The fraction of sp³-hybridized carbons (Fsp3) is 0.286. The minimum absolute atomic E-state index is 0.278. The van der Waals surface area contributed by atoms with Gasteiger partial charge in [0.2, 0.25) is 0 Å². The van der Waals surface area contributed by atoms with Gasteiger partial charge in [-0.15, -0.1) is 11.8 Å². The van der Waals surface area contributed by atoms with Gasteiger partial charge in [-0.3, -0.25) is 0 Å². The molecule has 0 aliphatic heterocycles. The largest absolute Gasteiger partial charge is 0.327 e. The van der Waals surface area contributed by atoms with E-state index in [1.54, 1.807) is 0 Å². The van der Waals surface area contributed by atoms with Gasteiger partial charge in [-0.25, -0.2) is 4.98 Å². The van der Waals surface area contributed by atoms with Gasteiger partial charge in [-0.2, -0.15) is 0 Å². The molecule has 0 unspecified atom stereocenters. The topological polar surface area (TPSA) is 38.9 Å². The number of hydrogen-bond donors (Lipinski definition) is 1. The normalized spacial score (nSPS) is 21.0. The number of fused-ring (bicyclic) bond motifs is 1. The lowest BCUT2D eigenvalue weighted by atomic mass is 9.96. The van der Waals surface area contributed by atoms with E-state index in [2.05, 4.69) is 60.7 Å².